The van der Waals surface area contributed by atoms with Gasteiger partial charge in [0.1, 0.15) is 0 Å². The van der Waals surface area contributed by atoms with Gasteiger partial charge >= 0.3 is 0 Å². The maximum absolute atomic E-state index is 13.6. The molecule has 1 atom stereocenters. The van der Waals surface area contributed by atoms with Gasteiger partial charge < -0.3 is 5.32 Å². The number of rotatable bonds is 9. The van der Waals surface area contributed by atoms with Gasteiger partial charge in [0.25, 0.3) is 0 Å². The van der Waals surface area contributed by atoms with Gasteiger partial charge in [-0.25, -0.2) is 8.42 Å². The number of halogens is 1. The summed E-state index contributed by atoms with van der Waals surface area (Å²) < 4.78 is 28.5. The summed E-state index contributed by atoms with van der Waals surface area (Å²) in [7, 11) is -3.89. The Morgan fingerprint density at radius 3 is 2.20 bits per heavy atom. The van der Waals surface area contributed by atoms with Crippen LogP contribution < -0.4 is 5.32 Å². The zero-order valence-corrected chi connectivity index (χ0v) is 19.9. The number of carbonyl (C=O) groups is 1. The molecule has 0 spiro atoms. The van der Waals surface area contributed by atoms with Crippen LogP contribution in [0.3, 0.4) is 0 Å². The van der Waals surface area contributed by atoms with Crippen LogP contribution in [-0.4, -0.2) is 31.2 Å². The van der Waals surface area contributed by atoms with Crippen LogP contribution in [0.25, 0.3) is 0 Å². The molecule has 1 amide bonds. The van der Waals surface area contributed by atoms with Crippen LogP contribution in [0.15, 0.2) is 41.3 Å². The molecule has 0 saturated heterocycles. The molecule has 0 radical (unpaired) electrons. The van der Waals surface area contributed by atoms with Gasteiger partial charge in [-0.2, -0.15) is 4.31 Å². The third-order valence-corrected chi connectivity index (χ3v) is 7.27. The van der Waals surface area contributed by atoms with Crippen molar-refractivity contribution in [3.63, 3.8) is 0 Å². The zero-order chi connectivity index (χ0) is 22.5. The molecule has 164 valence electrons. The summed E-state index contributed by atoms with van der Waals surface area (Å²) in [4.78, 5) is 12.9. The number of sulfonamides is 1. The van der Waals surface area contributed by atoms with Crippen LogP contribution in [0.1, 0.15) is 48.9 Å². The predicted molar refractivity (Wildman–Crippen MR) is 122 cm³/mol. The van der Waals surface area contributed by atoms with E-state index in [1.165, 1.54) is 4.31 Å². The molecule has 0 heterocycles. The van der Waals surface area contributed by atoms with Crippen molar-refractivity contribution in [2.45, 2.75) is 64.9 Å². The molecule has 0 fully saturated rings. The molecule has 2 aromatic carbocycles. The molecule has 0 aromatic heterocycles. The van der Waals surface area contributed by atoms with Crippen LogP contribution in [0.4, 0.5) is 0 Å². The highest BCUT2D eigenvalue weighted by Gasteiger charge is 2.30. The largest absolute Gasteiger partial charge is 0.353 e. The van der Waals surface area contributed by atoms with E-state index in [0.717, 1.165) is 24.0 Å². The lowest BCUT2D eigenvalue weighted by Gasteiger charge is -2.25. The lowest BCUT2D eigenvalue weighted by atomic mass is 10.1. The van der Waals surface area contributed by atoms with Crippen molar-refractivity contribution in [3.05, 3.63) is 63.7 Å². The molecular weight excluding hydrogens is 420 g/mol. The molecule has 0 aliphatic heterocycles. The van der Waals surface area contributed by atoms with Crippen molar-refractivity contribution in [3.8, 4) is 0 Å². The molecule has 0 aliphatic carbocycles. The molecule has 2 rings (SSSR count). The van der Waals surface area contributed by atoms with Gasteiger partial charge in [-0.1, -0.05) is 54.8 Å². The van der Waals surface area contributed by atoms with Crippen LogP contribution in [0.2, 0.25) is 5.02 Å². The quantitative estimate of drug-likeness (QED) is 0.598. The molecule has 30 heavy (non-hydrogen) atoms. The number of amides is 1. The Hall–Kier alpha value is -1.89. The van der Waals surface area contributed by atoms with Crippen LogP contribution in [-0.2, 0) is 21.4 Å². The third kappa shape index (κ3) is 6.30. The minimum Gasteiger partial charge on any atom is -0.353 e. The summed E-state index contributed by atoms with van der Waals surface area (Å²) in [5.41, 5.74) is 3.11. The molecule has 1 N–H and O–H groups in total. The minimum absolute atomic E-state index is 0.00886. The van der Waals surface area contributed by atoms with E-state index in [2.05, 4.69) is 5.32 Å². The number of aryl methyl sites for hydroxylation is 3. The zero-order valence-electron chi connectivity index (χ0n) is 18.3. The maximum Gasteiger partial charge on any atom is 0.244 e. The molecule has 0 bridgehead atoms. The first-order valence-corrected chi connectivity index (χ1v) is 12.0. The second kappa shape index (κ2) is 10.4. The van der Waals surface area contributed by atoms with E-state index in [0.29, 0.717) is 16.1 Å². The average molecular weight is 451 g/mol. The molecule has 2 aromatic rings. The smallest absolute Gasteiger partial charge is 0.244 e. The van der Waals surface area contributed by atoms with Crippen molar-refractivity contribution in [2.75, 3.05) is 6.54 Å². The van der Waals surface area contributed by atoms with E-state index in [4.69, 9.17) is 11.6 Å². The summed E-state index contributed by atoms with van der Waals surface area (Å²) in [6.07, 6.45) is 1.78. The van der Waals surface area contributed by atoms with Gasteiger partial charge in [-0.15, -0.1) is 0 Å². The van der Waals surface area contributed by atoms with Crippen LogP contribution in [0, 0.1) is 20.8 Å². The lowest BCUT2D eigenvalue weighted by Crippen LogP contribution is -2.43. The first-order valence-electron chi connectivity index (χ1n) is 10.2. The Labute approximate surface area is 185 Å². The molecule has 0 saturated carbocycles. The standard InChI is InChI=1S/C23H31ClN2O3S/c1-6-7-19(5)25-22(27)15-26(14-20-8-10-21(24)11-9-20)30(28,29)23-17(3)12-16(2)13-18(23)4/h8-13,19H,6-7,14-15H2,1-5H3,(H,25,27). The first kappa shape index (κ1) is 24.4. The van der Waals surface area contributed by atoms with Gasteiger partial charge in [-0.3, -0.25) is 4.79 Å². The topological polar surface area (TPSA) is 66.5 Å². The number of hydrogen-bond acceptors (Lipinski definition) is 3. The molecular formula is C23H31ClN2O3S. The van der Waals surface area contributed by atoms with Gasteiger partial charge in [0.05, 0.1) is 11.4 Å². The molecule has 5 nitrogen and oxygen atoms in total. The van der Waals surface area contributed by atoms with Gasteiger partial charge in [0.15, 0.2) is 0 Å². The van der Waals surface area contributed by atoms with Gasteiger partial charge in [0.2, 0.25) is 15.9 Å². The Kier molecular flexibility index (Phi) is 8.47. The third-order valence-electron chi connectivity index (χ3n) is 4.92. The summed E-state index contributed by atoms with van der Waals surface area (Å²) in [5.74, 6) is -0.309. The average Bonchev–Trinajstić information content (AvgIpc) is 2.61. The van der Waals surface area contributed by atoms with E-state index >= 15 is 0 Å². The van der Waals surface area contributed by atoms with E-state index in [1.807, 2.05) is 32.9 Å². The summed E-state index contributed by atoms with van der Waals surface area (Å²) in [5, 5.41) is 3.48. The normalized spacial score (nSPS) is 12.8. The number of hydrogen-bond donors (Lipinski definition) is 1. The van der Waals surface area contributed by atoms with Crippen LogP contribution >= 0.6 is 11.6 Å². The van der Waals surface area contributed by atoms with Crippen LogP contribution in [0.5, 0.6) is 0 Å². The summed E-state index contributed by atoms with van der Waals surface area (Å²) >= 11 is 5.97. The Morgan fingerprint density at radius 1 is 1.10 bits per heavy atom. The Balaban J connectivity index is 2.41. The van der Waals surface area contributed by atoms with E-state index in [1.54, 1.807) is 38.1 Å². The van der Waals surface area contributed by atoms with E-state index in [-0.39, 0.29) is 29.9 Å². The molecule has 1 unspecified atom stereocenters. The fourth-order valence-corrected chi connectivity index (χ4v) is 5.63. The van der Waals surface area contributed by atoms with Crippen molar-refractivity contribution in [1.29, 1.82) is 0 Å². The summed E-state index contributed by atoms with van der Waals surface area (Å²) in [6, 6.07) is 10.7. The Bertz CT molecular complexity index is 965. The first-order chi connectivity index (χ1) is 14.0. The number of carbonyl (C=O) groups excluding carboxylic acids is 1. The van der Waals surface area contributed by atoms with E-state index < -0.39 is 10.0 Å². The highest BCUT2D eigenvalue weighted by atomic mass is 35.5. The SMILES string of the molecule is CCCC(C)NC(=O)CN(Cc1ccc(Cl)cc1)S(=O)(=O)c1c(C)cc(C)cc1C. The molecule has 7 heteroatoms. The monoisotopic (exact) mass is 450 g/mol. The Morgan fingerprint density at radius 2 is 1.67 bits per heavy atom. The number of nitrogens with zero attached hydrogens (tertiary/aromatic N) is 1. The highest BCUT2D eigenvalue weighted by molar-refractivity contribution is 7.89. The number of benzene rings is 2. The second-order valence-electron chi connectivity index (χ2n) is 7.88. The van der Waals surface area contributed by atoms with Gasteiger partial charge in [0, 0.05) is 17.6 Å². The maximum atomic E-state index is 13.6. The fourth-order valence-electron chi connectivity index (χ4n) is 3.71. The van der Waals surface area contributed by atoms with Crippen molar-refractivity contribution >= 4 is 27.5 Å². The van der Waals surface area contributed by atoms with Crippen molar-refractivity contribution < 1.29 is 13.2 Å². The minimum atomic E-state index is -3.89. The predicted octanol–water partition coefficient (Wildman–Crippen LogP) is 4.76. The second-order valence-corrected chi connectivity index (χ2v) is 10.2. The molecule has 0 aliphatic rings. The van der Waals surface area contributed by atoms with E-state index in [9.17, 15) is 13.2 Å². The van der Waals surface area contributed by atoms with Crippen molar-refractivity contribution in [2.24, 2.45) is 0 Å². The lowest BCUT2D eigenvalue weighted by molar-refractivity contribution is -0.122. The highest BCUT2D eigenvalue weighted by Crippen LogP contribution is 2.26. The van der Waals surface area contributed by atoms with Crippen molar-refractivity contribution in [1.82, 2.24) is 9.62 Å². The summed E-state index contributed by atoms with van der Waals surface area (Å²) in [6.45, 7) is 9.32. The number of nitrogens with one attached hydrogen (secondary N) is 1. The van der Waals surface area contributed by atoms with Gasteiger partial charge in [-0.05, 0) is 62.9 Å². The fraction of sp³-hybridized carbons (Fsp3) is 0.435.